The molecule has 0 aliphatic heterocycles. The van der Waals surface area contributed by atoms with Gasteiger partial charge in [-0.1, -0.05) is 96.8 Å². The van der Waals surface area contributed by atoms with E-state index in [1.54, 1.807) is 6.92 Å². The molecule has 0 aromatic rings. The van der Waals surface area contributed by atoms with Gasteiger partial charge < -0.3 is 0 Å². The van der Waals surface area contributed by atoms with Gasteiger partial charge >= 0.3 is 10.4 Å². The SMILES string of the molecule is CCCCCCCCCCCCCCCCC(C)OS(=O)(=O)OC. The van der Waals surface area contributed by atoms with E-state index in [2.05, 4.69) is 11.1 Å². The number of hydrogen-bond donors (Lipinski definition) is 0. The van der Waals surface area contributed by atoms with Crippen LogP contribution in [-0.2, 0) is 18.8 Å². The van der Waals surface area contributed by atoms with Crippen molar-refractivity contribution in [3.8, 4) is 0 Å². The molecule has 24 heavy (non-hydrogen) atoms. The average molecular weight is 365 g/mol. The first-order valence-corrected chi connectivity index (χ1v) is 11.3. The fourth-order valence-electron chi connectivity index (χ4n) is 2.91. The van der Waals surface area contributed by atoms with E-state index in [9.17, 15) is 8.42 Å². The molecule has 0 spiro atoms. The third-order valence-electron chi connectivity index (χ3n) is 4.45. The first-order chi connectivity index (χ1) is 11.5. The Morgan fingerprint density at radius 3 is 1.46 bits per heavy atom. The van der Waals surface area contributed by atoms with Gasteiger partial charge in [0.15, 0.2) is 0 Å². The molecule has 0 amide bonds. The lowest BCUT2D eigenvalue weighted by Gasteiger charge is -2.11. The molecule has 0 saturated carbocycles. The van der Waals surface area contributed by atoms with Crippen molar-refractivity contribution < 1.29 is 16.8 Å². The molecule has 0 heterocycles. The zero-order valence-corrected chi connectivity index (χ0v) is 17.0. The van der Waals surface area contributed by atoms with E-state index >= 15 is 0 Å². The molecular formula is C19H40O4S. The average Bonchev–Trinajstić information content (AvgIpc) is 2.54. The molecule has 0 radical (unpaired) electrons. The summed E-state index contributed by atoms with van der Waals surface area (Å²) < 4.78 is 31.4. The highest BCUT2D eigenvalue weighted by Gasteiger charge is 2.14. The molecule has 0 fully saturated rings. The maximum atomic E-state index is 11.1. The van der Waals surface area contributed by atoms with Crippen molar-refractivity contribution in [1.29, 1.82) is 0 Å². The minimum atomic E-state index is -3.79. The number of rotatable bonds is 18. The first kappa shape index (κ1) is 23.9. The summed E-state index contributed by atoms with van der Waals surface area (Å²) in [6.45, 7) is 4.04. The highest BCUT2D eigenvalue weighted by Crippen LogP contribution is 2.14. The van der Waals surface area contributed by atoms with Gasteiger partial charge in [0, 0.05) is 0 Å². The predicted molar refractivity (Wildman–Crippen MR) is 101 cm³/mol. The van der Waals surface area contributed by atoms with Crippen LogP contribution in [0.5, 0.6) is 0 Å². The van der Waals surface area contributed by atoms with E-state index in [1.165, 1.54) is 77.0 Å². The molecule has 4 nitrogen and oxygen atoms in total. The molecule has 0 aliphatic rings. The topological polar surface area (TPSA) is 52.6 Å². The van der Waals surface area contributed by atoms with Gasteiger partial charge in [-0.2, -0.15) is 8.42 Å². The molecule has 0 N–H and O–H groups in total. The van der Waals surface area contributed by atoms with Gasteiger partial charge in [0.1, 0.15) is 0 Å². The molecule has 0 bridgehead atoms. The van der Waals surface area contributed by atoms with Crippen molar-refractivity contribution >= 4 is 10.4 Å². The lowest BCUT2D eigenvalue weighted by atomic mass is 10.0. The third kappa shape index (κ3) is 16.7. The van der Waals surface area contributed by atoms with Crippen LogP contribution in [0.15, 0.2) is 0 Å². The van der Waals surface area contributed by atoms with Crippen LogP contribution in [0.1, 0.15) is 110 Å². The molecule has 5 heteroatoms. The molecule has 0 aliphatic carbocycles. The Bertz CT molecular complexity index is 354. The molecule has 0 aromatic carbocycles. The van der Waals surface area contributed by atoms with Gasteiger partial charge in [0.2, 0.25) is 0 Å². The van der Waals surface area contributed by atoms with Gasteiger partial charge in [0.05, 0.1) is 13.2 Å². The van der Waals surface area contributed by atoms with E-state index in [1.807, 2.05) is 0 Å². The summed E-state index contributed by atoms with van der Waals surface area (Å²) in [7, 11) is -2.67. The molecular weight excluding hydrogens is 324 g/mol. The smallest absolute Gasteiger partial charge is 0.252 e. The van der Waals surface area contributed by atoms with Crippen LogP contribution in [0, 0.1) is 0 Å². The van der Waals surface area contributed by atoms with Gasteiger partial charge in [-0.15, -0.1) is 0 Å². The zero-order valence-electron chi connectivity index (χ0n) is 16.2. The van der Waals surface area contributed by atoms with Crippen LogP contribution < -0.4 is 0 Å². The Kier molecular flexibility index (Phi) is 16.3. The Morgan fingerprint density at radius 2 is 1.08 bits per heavy atom. The number of unbranched alkanes of at least 4 members (excludes halogenated alkanes) is 13. The summed E-state index contributed by atoms with van der Waals surface area (Å²) in [6, 6.07) is 0. The fourth-order valence-corrected chi connectivity index (χ4v) is 3.49. The summed E-state index contributed by atoms with van der Waals surface area (Å²) in [4.78, 5) is 0. The van der Waals surface area contributed by atoms with E-state index in [4.69, 9.17) is 4.18 Å². The first-order valence-electron chi connectivity index (χ1n) is 10.0. The molecule has 0 saturated heterocycles. The van der Waals surface area contributed by atoms with E-state index in [0.717, 1.165) is 26.4 Å². The van der Waals surface area contributed by atoms with Crippen molar-refractivity contribution in [1.82, 2.24) is 0 Å². The van der Waals surface area contributed by atoms with Gasteiger partial charge in [-0.05, 0) is 13.3 Å². The summed E-state index contributed by atoms with van der Waals surface area (Å²) in [6.07, 6.45) is 19.0. The lowest BCUT2D eigenvalue weighted by Crippen LogP contribution is -2.16. The summed E-state index contributed by atoms with van der Waals surface area (Å²) >= 11 is 0. The van der Waals surface area contributed by atoms with E-state index < -0.39 is 10.4 Å². The normalized spacial score (nSPS) is 13.3. The standard InChI is InChI=1S/C19H40O4S/c1-4-5-6-7-8-9-10-11-12-13-14-15-16-17-18-19(2)23-24(20,21)22-3/h19H,4-18H2,1-3H3. The van der Waals surface area contributed by atoms with Crippen molar-refractivity contribution in [2.45, 2.75) is 116 Å². The fraction of sp³-hybridized carbons (Fsp3) is 1.00. The second-order valence-corrected chi connectivity index (χ2v) is 8.21. The summed E-state index contributed by atoms with van der Waals surface area (Å²) in [5, 5.41) is 0. The van der Waals surface area contributed by atoms with Crippen LogP contribution in [0.2, 0.25) is 0 Å². The largest absolute Gasteiger partial charge is 0.399 e. The minimum absolute atomic E-state index is 0.299. The van der Waals surface area contributed by atoms with Crippen molar-refractivity contribution in [3.63, 3.8) is 0 Å². The molecule has 0 rings (SSSR count). The summed E-state index contributed by atoms with van der Waals surface area (Å²) in [5.74, 6) is 0. The van der Waals surface area contributed by atoms with Crippen molar-refractivity contribution in [2.75, 3.05) is 7.11 Å². The monoisotopic (exact) mass is 364 g/mol. The second-order valence-electron chi connectivity index (χ2n) is 6.87. The van der Waals surface area contributed by atoms with Crippen LogP contribution in [0.4, 0.5) is 0 Å². The molecule has 1 atom stereocenters. The van der Waals surface area contributed by atoms with Gasteiger partial charge in [0.25, 0.3) is 0 Å². The van der Waals surface area contributed by atoms with E-state index in [0.29, 0.717) is 0 Å². The predicted octanol–water partition coefficient (Wildman–Crippen LogP) is 6.15. The Hall–Kier alpha value is -0.130. The minimum Gasteiger partial charge on any atom is -0.252 e. The Morgan fingerprint density at radius 1 is 0.708 bits per heavy atom. The second kappa shape index (κ2) is 16.3. The van der Waals surface area contributed by atoms with Crippen LogP contribution >= 0.6 is 0 Å². The van der Waals surface area contributed by atoms with Crippen molar-refractivity contribution in [2.24, 2.45) is 0 Å². The maximum absolute atomic E-state index is 11.1. The highest BCUT2D eigenvalue weighted by atomic mass is 32.3. The Labute approximate surface area is 151 Å². The maximum Gasteiger partial charge on any atom is 0.399 e. The molecule has 146 valence electrons. The zero-order chi connectivity index (χ0) is 18.1. The van der Waals surface area contributed by atoms with Gasteiger partial charge in [-0.3, -0.25) is 4.18 Å². The van der Waals surface area contributed by atoms with Gasteiger partial charge in [-0.25, -0.2) is 4.18 Å². The quantitative estimate of drug-likeness (QED) is 0.273. The third-order valence-corrected chi connectivity index (χ3v) is 5.42. The lowest BCUT2D eigenvalue weighted by molar-refractivity contribution is 0.173. The molecule has 0 aromatic heterocycles. The number of hydrogen-bond acceptors (Lipinski definition) is 4. The van der Waals surface area contributed by atoms with Crippen LogP contribution in [0.3, 0.4) is 0 Å². The highest BCUT2D eigenvalue weighted by molar-refractivity contribution is 7.81. The molecule has 1 unspecified atom stereocenters. The van der Waals surface area contributed by atoms with Crippen molar-refractivity contribution in [3.05, 3.63) is 0 Å². The van der Waals surface area contributed by atoms with E-state index in [-0.39, 0.29) is 6.10 Å². The Balaban J connectivity index is 3.23. The van der Waals surface area contributed by atoms with Crippen LogP contribution in [-0.4, -0.2) is 21.6 Å². The van der Waals surface area contributed by atoms with Crippen LogP contribution in [0.25, 0.3) is 0 Å². The summed E-state index contributed by atoms with van der Waals surface area (Å²) in [5.41, 5.74) is 0.